The number of nitrogens with zero attached hydrogens (tertiary/aromatic N) is 1. The minimum atomic E-state index is 0.368. The van der Waals surface area contributed by atoms with E-state index in [2.05, 4.69) is 10.3 Å². The molecule has 20 heavy (non-hydrogen) atoms. The van der Waals surface area contributed by atoms with Crippen molar-refractivity contribution in [2.45, 2.75) is 6.61 Å². The molecule has 1 aromatic carbocycles. The first-order chi connectivity index (χ1) is 9.79. The molecule has 0 atom stereocenters. The predicted octanol–water partition coefficient (Wildman–Crippen LogP) is 3.37. The highest BCUT2D eigenvalue weighted by molar-refractivity contribution is 6.31. The molecule has 0 aliphatic rings. The van der Waals surface area contributed by atoms with Crippen molar-refractivity contribution in [2.24, 2.45) is 0 Å². The van der Waals surface area contributed by atoms with E-state index in [9.17, 15) is 0 Å². The Labute approximate surface area is 123 Å². The summed E-state index contributed by atoms with van der Waals surface area (Å²) in [5.74, 6) is 1.61. The van der Waals surface area contributed by atoms with Gasteiger partial charge in [-0.3, -0.25) is 0 Å². The van der Waals surface area contributed by atoms with Crippen LogP contribution in [-0.2, 0) is 11.3 Å². The van der Waals surface area contributed by atoms with Gasteiger partial charge in [0, 0.05) is 7.05 Å². The highest BCUT2D eigenvalue weighted by Gasteiger charge is 2.03. The minimum absolute atomic E-state index is 0.368. The van der Waals surface area contributed by atoms with Gasteiger partial charge in [-0.2, -0.15) is 0 Å². The summed E-state index contributed by atoms with van der Waals surface area (Å²) in [5, 5.41) is 3.57. The Balaban J connectivity index is 1.73. The van der Waals surface area contributed by atoms with Gasteiger partial charge in [-0.05, 0) is 24.3 Å². The fourth-order valence-electron chi connectivity index (χ4n) is 1.63. The van der Waals surface area contributed by atoms with Crippen LogP contribution in [0, 0.1) is 0 Å². The smallest absolute Gasteiger partial charge is 0.126 e. The van der Waals surface area contributed by atoms with E-state index in [1.807, 2.05) is 43.4 Å². The number of para-hydroxylation sites is 1. The average Bonchev–Trinajstić information content (AvgIpc) is 2.50. The monoisotopic (exact) mass is 292 g/mol. The number of aromatic nitrogens is 1. The minimum Gasteiger partial charge on any atom is -0.491 e. The molecule has 0 aliphatic heterocycles. The number of hydrogen-bond acceptors (Lipinski definition) is 4. The fraction of sp³-hybridized carbons (Fsp3) is 0.267. The summed E-state index contributed by atoms with van der Waals surface area (Å²) in [6.07, 6.45) is 0. The van der Waals surface area contributed by atoms with Gasteiger partial charge in [0.05, 0.1) is 23.9 Å². The molecule has 0 aliphatic carbocycles. The fourth-order valence-corrected chi connectivity index (χ4v) is 1.79. The third kappa shape index (κ3) is 4.40. The molecule has 1 heterocycles. The molecule has 4 nitrogen and oxygen atoms in total. The second-order valence-electron chi connectivity index (χ2n) is 4.09. The topological polar surface area (TPSA) is 43.4 Å². The van der Waals surface area contributed by atoms with Crippen LogP contribution in [-0.4, -0.2) is 25.2 Å². The second-order valence-corrected chi connectivity index (χ2v) is 4.50. The molecule has 0 unspecified atom stereocenters. The van der Waals surface area contributed by atoms with Crippen molar-refractivity contribution in [3.63, 3.8) is 0 Å². The van der Waals surface area contributed by atoms with Crippen LogP contribution in [0.4, 0.5) is 5.82 Å². The van der Waals surface area contributed by atoms with Crippen molar-refractivity contribution >= 4 is 17.4 Å². The molecule has 2 aromatic rings. The number of nitrogens with one attached hydrogen (secondary N) is 1. The summed E-state index contributed by atoms with van der Waals surface area (Å²) >= 11 is 6.06. The summed E-state index contributed by atoms with van der Waals surface area (Å²) in [5.41, 5.74) is 0.721. The average molecular weight is 293 g/mol. The van der Waals surface area contributed by atoms with E-state index in [0.717, 1.165) is 17.3 Å². The lowest BCUT2D eigenvalue weighted by molar-refractivity contribution is 0.0871. The Morgan fingerprint density at radius 3 is 2.65 bits per heavy atom. The molecule has 0 saturated carbocycles. The predicted molar refractivity (Wildman–Crippen MR) is 80.4 cm³/mol. The van der Waals surface area contributed by atoms with Gasteiger partial charge in [0.25, 0.3) is 0 Å². The maximum atomic E-state index is 6.06. The van der Waals surface area contributed by atoms with Gasteiger partial charge < -0.3 is 14.8 Å². The van der Waals surface area contributed by atoms with Crippen molar-refractivity contribution in [3.8, 4) is 5.75 Å². The molecule has 106 valence electrons. The maximum absolute atomic E-state index is 6.06. The zero-order valence-corrected chi connectivity index (χ0v) is 12.1. The van der Waals surface area contributed by atoms with E-state index in [4.69, 9.17) is 21.1 Å². The first kappa shape index (κ1) is 14.6. The van der Waals surface area contributed by atoms with E-state index in [1.54, 1.807) is 6.07 Å². The molecule has 1 N–H and O–H groups in total. The zero-order chi connectivity index (χ0) is 14.2. The lowest BCUT2D eigenvalue weighted by Gasteiger charge is -2.08. The van der Waals surface area contributed by atoms with Gasteiger partial charge in [-0.25, -0.2) is 4.98 Å². The summed E-state index contributed by atoms with van der Waals surface area (Å²) in [6.45, 7) is 1.34. The number of rotatable bonds is 7. The number of ether oxygens (including phenoxy) is 2. The van der Waals surface area contributed by atoms with Gasteiger partial charge in [-0.1, -0.05) is 29.8 Å². The van der Waals surface area contributed by atoms with E-state index >= 15 is 0 Å². The Bertz CT molecular complexity index is 535. The van der Waals surface area contributed by atoms with E-state index < -0.39 is 0 Å². The normalized spacial score (nSPS) is 10.3. The number of halogens is 1. The highest BCUT2D eigenvalue weighted by Crippen LogP contribution is 2.17. The van der Waals surface area contributed by atoms with Crippen LogP contribution in [0.15, 0.2) is 42.5 Å². The van der Waals surface area contributed by atoms with Crippen LogP contribution in [0.3, 0.4) is 0 Å². The van der Waals surface area contributed by atoms with Gasteiger partial charge in [-0.15, -0.1) is 0 Å². The van der Waals surface area contributed by atoms with Crippen LogP contribution < -0.4 is 10.1 Å². The van der Waals surface area contributed by atoms with Crippen molar-refractivity contribution in [1.82, 2.24) is 4.98 Å². The Hall–Kier alpha value is -1.78. The van der Waals surface area contributed by atoms with Crippen molar-refractivity contribution in [3.05, 3.63) is 53.2 Å². The summed E-state index contributed by atoms with van der Waals surface area (Å²) in [6, 6.07) is 13.3. The largest absolute Gasteiger partial charge is 0.491 e. The molecule has 0 amide bonds. The van der Waals surface area contributed by atoms with Crippen molar-refractivity contribution in [1.29, 1.82) is 0 Å². The first-order valence-corrected chi connectivity index (χ1v) is 6.76. The Kier molecular flexibility index (Phi) is 5.65. The van der Waals surface area contributed by atoms with E-state index in [-0.39, 0.29) is 0 Å². The first-order valence-electron chi connectivity index (χ1n) is 6.38. The SMILES string of the molecule is CNc1ccc(Cl)c(COCCOc2ccccc2)n1. The number of benzene rings is 1. The highest BCUT2D eigenvalue weighted by atomic mass is 35.5. The Morgan fingerprint density at radius 2 is 1.90 bits per heavy atom. The molecule has 1 aromatic heterocycles. The molecule has 0 saturated heterocycles. The number of pyridine rings is 1. The van der Waals surface area contributed by atoms with Crippen molar-refractivity contribution < 1.29 is 9.47 Å². The summed E-state index contributed by atoms with van der Waals surface area (Å²) in [7, 11) is 1.81. The van der Waals surface area contributed by atoms with Crippen molar-refractivity contribution in [2.75, 3.05) is 25.6 Å². The third-order valence-corrected chi connectivity index (χ3v) is 3.00. The lowest BCUT2D eigenvalue weighted by Crippen LogP contribution is -2.08. The zero-order valence-electron chi connectivity index (χ0n) is 11.3. The van der Waals surface area contributed by atoms with Crippen LogP contribution in [0.25, 0.3) is 0 Å². The molecular formula is C15H17ClN2O2. The number of hydrogen-bond donors (Lipinski definition) is 1. The molecule has 2 rings (SSSR count). The van der Waals surface area contributed by atoms with E-state index in [0.29, 0.717) is 24.8 Å². The van der Waals surface area contributed by atoms with Gasteiger partial charge >= 0.3 is 0 Å². The van der Waals surface area contributed by atoms with Crippen LogP contribution in [0.1, 0.15) is 5.69 Å². The molecule has 0 radical (unpaired) electrons. The Morgan fingerprint density at radius 1 is 1.10 bits per heavy atom. The van der Waals surface area contributed by atoms with E-state index in [1.165, 1.54) is 0 Å². The van der Waals surface area contributed by atoms with Gasteiger partial charge in [0.1, 0.15) is 18.2 Å². The third-order valence-electron chi connectivity index (χ3n) is 2.65. The molecule has 0 bridgehead atoms. The molecular weight excluding hydrogens is 276 g/mol. The summed E-state index contributed by atoms with van der Waals surface area (Å²) in [4.78, 5) is 4.34. The van der Waals surface area contributed by atoms with Crippen LogP contribution in [0.2, 0.25) is 5.02 Å². The molecule has 0 fully saturated rings. The summed E-state index contributed by atoms with van der Waals surface area (Å²) < 4.78 is 11.1. The van der Waals surface area contributed by atoms with Gasteiger partial charge in [0.15, 0.2) is 0 Å². The quantitative estimate of drug-likeness (QED) is 0.795. The standard InChI is InChI=1S/C15H17ClN2O2/c1-17-15-8-7-13(16)14(18-15)11-19-9-10-20-12-5-3-2-4-6-12/h2-8H,9-11H2,1H3,(H,17,18). The maximum Gasteiger partial charge on any atom is 0.126 e. The van der Waals surface area contributed by atoms with Crippen LogP contribution >= 0.6 is 11.6 Å². The van der Waals surface area contributed by atoms with Gasteiger partial charge in [0.2, 0.25) is 0 Å². The van der Waals surface area contributed by atoms with Crippen LogP contribution in [0.5, 0.6) is 5.75 Å². The lowest BCUT2D eigenvalue weighted by atomic mass is 10.3. The number of anilines is 1. The molecule has 0 spiro atoms. The molecule has 5 heteroatoms. The second kappa shape index (κ2) is 7.72.